The smallest absolute Gasteiger partial charge is 0.129 e. The zero-order valence-electron chi connectivity index (χ0n) is 12.4. The van der Waals surface area contributed by atoms with Crippen molar-refractivity contribution >= 4 is 6.29 Å². The highest BCUT2D eigenvalue weighted by atomic mass is 19.1. The number of fused-ring (bicyclic) bond motifs is 1. The van der Waals surface area contributed by atoms with Gasteiger partial charge in [-0.15, -0.1) is 0 Å². The maximum absolute atomic E-state index is 13.3. The van der Waals surface area contributed by atoms with Crippen LogP contribution in [0.4, 0.5) is 4.39 Å². The van der Waals surface area contributed by atoms with Crippen molar-refractivity contribution in [2.24, 2.45) is 0 Å². The van der Waals surface area contributed by atoms with E-state index in [1.807, 2.05) is 12.1 Å². The molecule has 0 amide bonds. The van der Waals surface area contributed by atoms with Gasteiger partial charge >= 0.3 is 0 Å². The molecule has 114 valence electrons. The number of aryl methyl sites for hydroxylation is 1. The van der Waals surface area contributed by atoms with Gasteiger partial charge in [-0.2, -0.15) is 0 Å². The maximum Gasteiger partial charge on any atom is 0.129 e. The van der Waals surface area contributed by atoms with Crippen molar-refractivity contribution in [3.63, 3.8) is 0 Å². The van der Waals surface area contributed by atoms with E-state index < -0.39 is 0 Å². The lowest BCUT2D eigenvalue weighted by atomic mass is 9.92. The molecule has 0 aliphatic carbocycles. The number of pyridine rings is 1. The number of aromatic nitrogens is 2. The van der Waals surface area contributed by atoms with Crippen LogP contribution < -0.4 is 0 Å². The van der Waals surface area contributed by atoms with Gasteiger partial charge in [0.25, 0.3) is 0 Å². The lowest BCUT2D eigenvalue weighted by Crippen LogP contribution is -1.97. The maximum atomic E-state index is 13.3. The summed E-state index contributed by atoms with van der Waals surface area (Å²) in [5, 5.41) is 0. The Labute approximate surface area is 133 Å². The summed E-state index contributed by atoms with van der Waals surface area (Å²) >= 11 is 0. The molecule has 1 aliphatic rings. The summed E-state index contributed by atoms with van der Waals surface area (Å²) in [6, 6.07) is 10.4. The Morgan fingerprint density at radius 3 is 2.52 bits per heavy atom. The van der Waals surface area contributed by atoms with E-state index in [2.05, 4.69) is 15.7 Å². The number of aldehydes is 1. The fourth-order valence-electron chi connectivity index (χ4n) is 3.37. The first-order valence-electron chi connectivity index (χ1n) is 7.62. The van der Waals surface area contributed by atoms with Crippen LogP contribution in [0.2, 0.25) is 0 Å². The van der Waals surface area contributed by atoms with Crippen LogP contribution in [0.15, 0.2) is 55.0 Å². The van der Waals surface area contributed by atoms with Crippen LogP contribution in [0.5, 0.6) is 0 Å². The normalized spacial score (nSPS) is 16.3. The van der Waals surface area contributed by atoms with Gasteiger partial charge in [0.1, 0.15) is 12.1 Å². The van der Waals surface area contributed by atoms with Crippen molar-refractivity contribution in [1.29, 1.82) is 0 Å². The molecule has 3 aromatic rings. The number of benzene rings is 1. The van der Waals surface area contributed by atoms with Gasteiger partial charge in [-0.05, 0) is 41.8 Å². The van der Waals surface area contributed by atoms with E-state index in [0.29, 0.717) is 0 Å². The monoisotopic (exact) mass is 306 g/mol. The molecule has 0 spiro atoms. The zero-order valence-corrected chi connectivity index (χ0v) is 12.4. The highest BCUT2D eigenvalue weighted by molar-refractivity contribution is 5.88. The summed E-state index contributed by atoms with van der Waals surface area (Å²) in [6.07, 6.45) is 7.44. The first-order valence-corrected chi connectivity index (χ1v) is 7.62. The van der Waals surface area contributed by atoms with Gasteiger partial charge in [0.2, 0.25) is 0 Å². The Hall–Kier alpha value is -2.75. The second-order valence-electron chi connectivity index (χ2n) is 5.77. The molecule has 0 fully saturated rings. The van der Waals surface area contributed by atoms with Gasteiger partial charge < -0.3 is 9.36 Å². The van der Waals surface area contributed by atoms with Crippen LogP contribution in [-0.2, 0) is 11.3 Å². The third kappa shape index (κ3) is 2.27. The summed E-state index contributed by atoms with van der Waals surface area (Å²) in [5.74, 6) is -0.368. The number of rotatable bonds is 3. The standard InChI is InChI=1S/C19H15FN2O/c20-16-3-1-14(2-4-16)18-17(13-5-8-21-9-6-13)11-22-10-7-15(12-23)19(18)22/h1-6,8-9,11-12,15H,7,10H2. The van der Waals surface area contributed by atoms with E-state index in [-0.39, 0.29) is 11.7 Å². The lowest BCUT2D eigenvalue weighted by molar-refractivity contribution is -0.109. The lowest BCUT2D eigenvalue weighted by Gasteiger charge is -2.10. The Morgan fingerprint density at radius 1 is 1.09 bits per heavy atom. The largest absolute Gasteiger partial charge is 0.349 e. The minimum absolute atomic E-state index is 0.106. The minimum atomic E-state index is -0.262. The molecule has 1 atom stereocenters. The molecule has 3 heterocycles. The van der Waals surface area contributed by atoms with Crippen LogP contribution in [0.25, 0.3) is 22.3 Å². The number of nitrogens with zero attached hydrogens (tertiary/aromatic N) is 2. The molecule has 2 aromatic heterocycles. The molecule has 1 aromatic carbocycles. The minimum Gasteiger partial charge on any atom is -0.349 e. The molecule has 0 saturated heterocycles. The van der Waals surface area contributed by atoms with Crippen LogP contribution in [0, 0.1) is 5.82 Å². The highest BCUT2D eigenvalue weighted by Crippen LogP contribution is 2.43. The highest BCUT2D eigenvalue weighted by Gasteiger charge is 2.29. The molecule has 1 unspecified atom stereocenters. The predicted octanol–water partition coefficient (Wildman–Crippen LogP) is 4.04. The summed E-state index contributed by atoms with van der Waals surface area (Å²) in [5.41, 5.74) is 5.08. The molecular formula is C19H15FN2O. The molecule has 0 radical (unpaired) electrons. The number of carbonyl (C=O) groups excluding carboxylic acids is 1. The average Bonchev–Trinajstić information content (AvgIpc) is 3.15. The van der Waals surface area contributed by atoms with Gasteiger partial charge in [0, 0.05) is 42.0 Å². The Morgan fingerprint density at radius 2 is 1.83 bits per heavy atom. The Kier molecular flexibility index (Phi) is 3.30. The van der Waals surface area contributed by atoms with E-state index in [9.17, 15) is 9.18 Å². The van der Waals surface area contributed by atoms with Crippen molar-refractivity contribution in [1.82, 2.24) is 9.55 Å². The second kappa shape index (κ2) is 5.47. The fraction of sp³-hybridized carbons (Fsp3) is 0.158. The van der Waals surface area contributed by atoms with E-state index >= 15 is 0 Å². The number of carbonyl (C=O) groups is 1. The van der Waals surface area contributed by atoms with Crippen LogP contribution in [0.1, 0.15) is 18.0 Å². The van der Waals surface area contributed by atoms with Crippen LogP contribution >= 0.6 is 0 Å². The van der Waals surface area contributed by atoms with Gasteiger partial charge in [0.15, 0.2) is 0 Å². The molecular weight excluding hydrogens is 291 g/mol. The van der Waals surface area contributed by atoms with E-state index in [1.54, 1.807) is 24.5 Å². The first-order chi connectivity index (χ1) is 11.3. The molecule has 0 N–H and O–H groups in total. The number of hydrogen-bond donors (Lipinski definition) is 0. The van der Waals surface area contributed by atoms with Gasteiger partial charge in [-0.3, -0.25) is 4.98 Å². The summed E-state index contributed by atoms with van der Waals surface area (Å²) in [6.45, 7) is 0.831. The molecule has 4 rings (SSSR count). The van der Waals surface area contributed by atoms with E-state index in [4.69, 9.17) is 0 Å². The molecule has 1 aliphatic heterocycles. The van der Waals surface area contributed by atoms with Crippen molar-refractivity contribution in [3.05, 3.63) is 66.5 Å². The predicted molar refractivity (Wildman–Crippen MR) is 86.5 cm³/mol. The molecule has 0 saturated carbocycles. The summed E-state index contributed by atoms with van der Waals surface area (Å²) in [7, 11) is 0. The van der Waals surface area contributed by atoms with Gasteiger partial charge in [-0.25, -0.2) is 4.39 Å². The Bertz CT molecular complexity index is 853. The topological polar surface area (TPSA) is 34.9 Å². The SMILES string of the molecule is O=CC1CCn2cc(-c3ccncc3)c(-c3ccc(F)cc3)c21. The van der Waals surface area contributed by atoms with E-state index in [1.165, 1.54) is 12.1 Å². The third-order valence-corrected chi connectivity index (χ3v) is 4.44. The summed E-state index contributed by atoms with van der Waals surface area (Å²) in [4.78, 5) is 15.5. The molecule has 23 heavy (non-hydrogen) atoms. The van der Waals surface area contributed by atoms with Crippen LogP contribution in [0.3, 0.4) is 0 Å². The Balaban J connectivity index is 1.97. The van der Waals surface area contributed by atoms with Gasteiger partial charge in [-0.1, -0.05) is 12.1 Å². The van der Waals surface area contributed by atoms with Crippen LogP contribution in [-0.4, -0.2) is 15.8 Å². The zero-order chi connectivity index (χ0) is 15.8. The van der Waals surface area contributed by atoms with Crippen molar-refractivity contribution in [3.8, 4) is 22.3 Å². The third-order valence-electron chi connectivity index (χ3n) is 4.44. The molecule has 0 bridgehead atoms. The summed E-state index contributed by atoms with van der Waals surface area (Å²) < 4.78 is 15.4. The molecule has 4 heteroatoms. The molecule has 3 nitrogen and oxygen atoms in total. The fourth-order valence-corrected chi connectivity index (χ4v) is 3.37. The first kappa shape index (κ1) is 13.9. The quantitative estimate of drug-likeness (QED) is 0.684. The van der Waals surface area contributed by atoms with E-state index in [0.717, 1.165) is 47.2 Å². The number of halogens is 1. The average molecular weight is 306 g/mol. The second-order valence-corrected chi connectivity index (χ2v) is 5.77. The van der Waals surface area contributed by atoms with Crippen molar-refractivity contribution in [2.45, 2.75) is 18.9 Å². The van der Waals surface area contributed by atoms with Gasteiger partial charge in [0.05, 0.1) is 5.92 Å². The number of hydrogen-bond acceptors (Lipinski definition) is 2. The van der Waals surface area contributed by atoms with Crippen molar-refractivity contribution in [2.75, 3.05) is 0 Å². The van der Waals surface area contributed by atoms with Crippen molar-refractivity contribution < 1.29 is 9.18 Å².